The minimum absolute atomic E-state index is 0.469. The molecule has 0 aromatic carbocycles. The highest BCUT2D eigenvalue weighted by Crippen LogP contribution is 2.24. The molecule has 0 amide bonds. The molecule has 0 unspecified atom stereocenters. The zero-order chi connectivity index (χ0) is 11.7. The quantitative estimate of drug-likeness (QED) is 0.682. The van der Waals surface area contributed by atoms with Crippen molar-refractivity contribution in [3.05, 3.63) is 48.3 Å². The molecular formula is C11H14N4O. The van der Waals surface area contributed by atoms with Crippen LogP contribution >= 0.6 is 0 Å². The van der Waals surface area contributed by atoms with Crippen LogP contribution in [-0.4, -0.2) is 24.4 Å². The number of hydrogen-bond acceptors (Lipinski definition) is 5. The van der Waals surface area contributed by atoms with Gasteiger partial charge in [0.25, 0.3) is 0 Å². The number of ether oxygens (including phenoxy) is 1. The highest BCUT2D eigenvalue weighted by molar-refractivity contribution is 6.08. The lowest BCUT2D eigenvalue weighted by atomic mass is 10.2. The van der Waals surface area contributed by atoms with Gasteiger partial charge in [-0.25, -0.2) is 10.4 Å². The van der Waals surface area contributed by atoms with Gasteiger partial charge in [-0.1, -0.05) is 13.2 Å². The molecule has 0 atom stereocenters. The van der Waals surface area contributed by atoms with Crippen LogP contribution < -0.4 is 11.2 Å². The average Bonchev–Trinajstić information content (AvgIpc) is 2.74. The van der Waals surface area contributed by atoms with E-state index in [-0.39, 0.29) is 0 Å². The van der Waals surface area contributed by atoms with Gasteiger partial charge in [0.1, 0.15) is 17.3 Å². The van der Waals surface area contributed by atoms with Crippen LogP contribution in [-0.2, 0) is 4.74 Å². The third-order valence-electron chi connectivity index (χ3n) is 2.37. The van der Waals surface area contributed by atoms with Gasteiger partial charge < -0.3 is 10.5 Å². The van der Waals surface area contributed by atoms with E-state index in [4.69, 9.17) is 10.5 Å². The number of nitrogens with two attached hydrogens (primary N) is 1. The van der Waals surface area contributed by atoms with Crippen LogP contribution in [0.5, 0.6) is 0 Å². The van der Waals surface area contributed by atoms with E-state index in [0.717, 1.165) is 18.1 Å². The Morgan fingerprint density at radius 3 is 3.00 bits per heavy atom. The lowest BCUT2D eigenvalue weighted by molar-refractivity contribution is 0.314. The van der Waals surface area contributed by atoms with E-state index >= 15 is 0 Å². The van der Waals surface area contributed by atoms with Gasteiger partial charge in [-0.2, -0.15) is 0 Å². The number of nitrogens with one attached hydrogen (secondary N) is 1. The fourth-order valence-electron chi connectivity index (χ4n) is 1.54. The zero-order valence-electron chi connectivity index (χ0n) is 9.16. The molecule has 0 saturated carbocycles. The number of hydrogen-bond donors (Lipinski definition) is 2. The maximum absolute atomic E-state index is 5.73. The molecule has 5 nitrogen and oxygen atoms in total. The second-order valence-electron chi connectivity index (χ2n) is 3.44. The summed E-state index contributed by atoms with van der Waals surface area (Å²) < 4.78 is 5.06. The number of allylic oxidation sites excluding steroid dienone is 1. The van der Waals surface area contributed by atoms with E-state index in [2.05, 4.69) is 23.6 Å². The fraction of sp³-hybridized carbons (Fsp3) is 0.182. The molecule has 5 heteroatoms. The lowest BCUT2D eigenvalue weighted by Gasteiger charge is -2.27. The van der Waals surface area contributed by atoms with Crippen molar-refractivity contribution in [2.24, 2.45) is 10.7 Å². The summed E-state index contributed by atoms with van der Waals surface area (Å²) in [5, 5.41) is 1.80. The standard InChI is InChI=1S/C11H14N4O/c1-7(12)10-6-9(8(2)16-3)14-11-4-5-13-15(10)11/h4,6,13H,1-2,5,12H2,3H3. The average molecular weight is 218 g/mol. The van der Waals surface area contributed by atoms with Gasteiger partial charge in [0.15, 0.2) is 0 Å². The minimum Gasteiger partial charge on any atom is -0.495 e. The highest BCUT2D eigenvalue weighted by atomic mass is 16.5. The maximum Gasteiger partial charge on any atom is 0.145 e. The first-order valence-electron chi connectivity index (χ1n) is 4.85. The molecule has 0 spiro atoms. The van der Waals surface area contributed by atoms with Crippen molar-refractivity contribution >= 4 is 5.71 Å². The second-order valence-corrected chi connectivity index (χ2v) is 3.44. The molecule has 2 rings (SSSR count). The van der Waals surface area contributed by atoms with Crippen molar-refractivity contribution in [1.82, 2.24) is 10.4 Å². The van der Waals surface area contributed by atoms with Crippen molar-refractivity contribution in [3.63, 3.8) is 0 Å². The first-order chi connectivity index (χ1) is 7.63. The summed E-state index contributed by atoms with van der Waals surface area (Å²) >= 11 is 0. The van der Waals surface area contributed by atoms with Crippen LogP contribution in [0.1, 0.15) is 0 Å². The van der Waals surface area contributed by atoms with Gasteiger partial charge in [-0.05, 0) is 12.2 Å². The summed E-state index contributed by atoms with van der Waals surface area (Å²) in [6, 6.07) is 0. The molecule has 0 radical (unpaired) electrons. The first-order valence-corrected chi connectivity index (χ1v) is 4.85. The third-order valence-corrected chi connectivity index (χ3v) is 2.37. The number of methoxy groups -OCH3 is 1. The van der Waals surface area contributed by atoms with Crippen LogP contribution in [0.25, 0.3) is 0 Å². The fourth-order valence-corrected chi connectivity index (χ4v) is 1.54. The van der Waals surface area contributed by atoms with E-state index in [1.54, 1.807) is 18.2 Å². The number of nitrogens with zero attached hydrogens (tertiary/aromatic N) is 2. The molecule has 84 valence electrons. The smallest absolute Gasteiger partial charge is 0.145 e. The molecule has 2 heterocycles. The Kier molecular flexibility index (Phi) is 2.54. The van der Waals surface area contributed by atoms with E-state index in [0.29, 0.717) is 17.2 Å². The number of fused-ring (bicyclic) bond motifs is 1. The van der Waals surface area contributed by atoms with Crippen LogP contribution in [0.4, 0.5) is 0 Å². The monoisotopic (exact) mass is 218 g/mol. The summed E-state index contributed by atoms with van der Waals surface area (Å²) in [5.74, 6) is 1.29. The number of aliphatic imine (C=N–C) groups is 1. The molecule has 0 aromatic rings. The summed E-state index contributed by atoms with van der Waals surface area (Å²) in [4.78, 5) is 4.39. The molecule has 3 N–H and O–H groups in total. The van der Waals surface area contributed by atoms with Crippen LogP contribution in [0.3, 0.4) is 0 Å². The Bertz CT molecular complexity index is 445. The van der Waals surface area contributed by atoms with Crippen molar-refractivity contribution in [2.45, 2.75) is 0 Å². The molecule has 0 bridgehead atoms. The Morgan fingerprint density at radius 1 is 1.62 bits per heavy atom. The van der Waals surface area contributed by atoms with Gasteiger partial charge in [0, 0.05) is 12.2 Å². The molecule has 2 aliphatic rings. The van der Waals surface area contributed by atoms with Crippen molar-refractivity contribution in [2.75, 3.05) is 13.7 Å². The Balaban J connectivity index is 2.41. The van der Waals surface area contributed by atoms with Crippen LogP contribution in [0, 0.1) is 0 Å². The predicted molar refractivity (Wildman–Crippen MR) is 62.9 cm³/mol. The van der Waals surface area contributed by atoms with Gasteiger partial charge >= 0.3 is 0 Å². The first kappa shape index (κ1) is 10.5. The molecule has 0 fully saturated rings. The summed E-state index contributed by atoms with van der Waals surface area (Å²) in [5.41, 5.74) is 10.8. The lowest BCUT2D eigenvalue weighted by Crippen LogP contribution is -2.35. The van der Waals surface area contributed by atoms with Gasteiger partial charge in [0.05, 0.1) is 12.8 Å². The third kappa shape index (κ3) is 1.61. The minimum atomic E-state index is 0.469. The molecule has 16 heavy (non-hydrogen) atoms. The maximum atomic E-state index is 5.73. The Hall–Kier alpha value is -2.01. The normalized spacial score (nSPS) is 18.3. The van der Waals surface area contributed by atoms with E-state index in [1.165, 1.54) is 0 Å². The highest BCUT2D eigenvalue weighted by Gasteiger charge is 2.25. The summed E-state index contributed by atoms with van der Waals surface area (Å²) in [6.07, 6.45) is 3.75. The van der Waals surface area contributed by atoms with Crippen molar-refractivity contribution < 1.29 is 4.74 Å². The molecular weight excluding hydrogens is 204 g/mol. The topological polar surface area (TPSA) is 62.9 Å². The number of hydrazine groups is 1. The Morgan fingerprint density at radius 2 is 2.38 bits per heavy atom. The van der Waals surface area contributed by atoms with Crippen molar-refractivity contribution in [3.8, 4) is 0 Å². The second kappa shape index (κ2) is 3.86. The number of rotatable bonds is 3. The molecule has 0 aliphatic carbocycles. The van der Waals surface area contributed by atoms with E-state index in [1.807, 2.05) is 6.08 Å². The van der Waals surface area contributed by atoms with E-state index in [9.17, 15) is 0 Å². The summed E-state index contributed by atoms with van der Waals surface area (Å²) in [6.45, 7) is 8.22. The Labute approximate surface area is 94.2 Å². The molecule has 2 aliphatic heterocycles. The van der Waals surface area contributed by atoms with Crippen LogP contribution in [0.2, 0.25) is 0 Å². The van der Waals surface area contributed by atoms with E-state index < -0.39 is 0 Å². The van der Waals surface area contributed by atoms with Crippen LogP contribution in [0.15, 0.2) is 53.3 Å². The summed E-state index contributed by atoms with van der Waals surface area (Å²) in [7, 11) is 1.56. The SMILES string of the molecule is C=C(N)C1=CC(C(=C)OC)=NC2=CCNN21. The van der Waals surface area contributed by atoms with Gasteiger partial charge in [-0.3, -0.25) is 5.01 Å². The molecule has 0 aromatic heterocycles. The van der Waals surface area contributed by atoms with Crippen molar-refractivity contribution in [1.29, 1.82) is 0 Å². The van der Waals surface area contributed by atoms with Gasteiger partial charge in [0.2, 0.25) is 0 Å². The molecule has 0 saturated heterocycles. The predicted octanol–water partition coefficient (Wildman–Crippen LogP) is 0.619. The van der Waals surface area contributed by atoms with Gasteiger partial charge in [-0.15, -0.1) is 0 Å². The largest absolute Gasteiger partial charge is 0.495 e. The zero-order valence-corrected chi connectivity index (χ0v) is 9.16.